The predicted molar refractivity (Wildman–Crippen MR) is 99.7 cm³/mol. The minimum Gasteiger partial charge on any atom is -0.385 e. The third-order valence-electron chi connectivity index (χ3n) is 4.53. The number of hydrogen-bond donors (Lipinski definition) is 2. The van der Waals surface area contributed by atoms with Gasteiger partial charge in [0.05, 0.1) is 0 Å². The molecule has 5 nitrogen and oxygen atoms in total. The van der Waals surface area contributed by atoms with E-state index in [1.165, 1.54) is 18.5 Å². The molecular formula is C19H31N3O2. The molecule has 1 aliphatic heterocycles. The molecule has 24 heavy (non-hydrogen) atoms. The summed E-state index contributed by atoms with van der Waals surface area (Å²) in [4.78, 5) is 14.4. The number of benzene rings is 1. The van der Waals surface area contributed by atoms with E-state index in [1.807, 2.05) is 12.1 Å². The molecule has 2 N–H and O–H groups in total. The van der Waals surface area contributed by atoms with Gasteiger partial charge in [0.2, 0.25) is 5.91 Å². The predicted octanol–water partition coefficient (Wildman–Crippen LogP) is 2.88. The molecule has 1 amide bonds. The minimum absolute atomic E-state index is 0.0498. The molecule has 0 unspecified atom stereocenters. The second kappa shape index (κ2) is 10.3. The lowest BCUT2D eigenvalue weighted by Gasteiger charge is -2.32. The zero-order valence-corrected chi connectivity index (χ0v) is 15.0. The zero-order valence-electron chi connectivity index (χ0n) is 15.0. The van der Waals surface area contributed by atoms with Gasteiger partial charge in [-0.1, -0.05) is 6.92 Å². The van der Waals surface area contributed by atoms with Gasteiger partial charge in [-0.05, 0) is 56.0 Å². The number of amides is 1. The Morgan fingerprint density at radius 2 is 1.92 bits per heavy atom. The zero-order chi connectivity index (χ0) is 17.2. The van der Waals surface area contributed by atoms with E-state index in [1.54, 1.807) is 7.11 Å². The second-order valence-corrected chi connectivity index (χ2v) is 6.61. The van der Waals surface area contributed by atoms with Gasteiger partial charge in [-0.2, -0.15) is 0 Å². The van der Waals surface area contributed by atoms with E-state index >= 15 is 0 Å². The molecule has 2 rings (SSSR count). The lowest BCUT2D eigenvalue weighted by molar-refractivity contribution is -0.116. The normalized spacial score (nSPS) is 15.5. The van der Waals surface area contributed by atoms with Crippen LogP contribution in [-0.4, -0.2) is 45.8 Å². The Balaban J connectivity index is 1.68. The molecule has 0 aliphatic carbocycles. The minimum atomic E-state index is 0.0498. The van der Waals surface area contributed by atoms with Crippen molar-refractivity contribution in [2.45, 2.75) is 32.6 Å². The third-order valence-corrected chi connectivity index (χ3v) is 4.53. The Hall–Kier alpha value is -1.59. The fourth-order valence-corrected chi connectivity index (χ4v) is 2.91. The van der Waals surface area contributed by atoms with Gasteiger partial charge in [0.15, 0.2) is 0 Å². The molecule has 0 spiro atoms. The van der Waals surface area contributed by atoms with Crippen LogP contribution in [0.25, 0.3) is 0 Å². The van der Waals surface area contributed by atoms with Crippen LogP contribution in [0.4, 0.5) is 11.4 Å². The van der Waals surface area contributed by atoms with Crippen LogP contribution in [-0.2, 0) is 9.53 Å². The molecule has 0 aromatic heterocycles. The van der Waals surface area contributed by atoms with Crippen molar-refractivity contribution < 1.29 is 9.53 Å². The number of carbonyl (C=O) groups is 1. The number of rotatable bonds is 9. The Labute approximate surface area is 145 Å². The van der Waals surface area contributed by atoms with Crippen molar-refractivity contribution in [3.8, 4) is 0 Å². The van der Waals surface area contributed by atoms with E-state index in [4.69, 9.17) is 4.74 Å². The van der Waals surface area contributed by atoms with Gasteiger partial charge in [-0.25, -0.2) is 0 Å². The van der Waals surface area contributed by atoms with Crippen LogP contribution in [0.3, 0.4) is 0 Å². The number of methoxy groups -OCH3 is 1. The summed E-state index contributed by atoms with van der Waals surface area (Å²) in [5.74, 6) is 0.886. The van der Waals surface area contributed by atoms with Crippen LogP contribution in [0.15, 0.2) is 24.3 Å². The van der Waals surface area contributed by atoms with E-state index in [2.05, 4.69) is 34.6 Å². The van der Waals surface area contributed by atoms with Gasteiger partial charge >= 0.3 is 0 Å². The Bertz CT molecular complexity index is 482. The highest BCUT2D eigenvalue weighted by Crippen LogP contribution is 2.24. The van der Waals surface area contributed by atoms with E-state index < -0.39 is 0 Å². The highest BCUT2D eigenvalue weighted by molar-refractivity contribution is 5.91. The number of nitrogens with zero attached hydrogens (tertiary/aromatic N) is 1. The summed E-state index contributed by atoms with van der Waals surface area (Å²) >= 11 is 0. The van der Waals surface area contributed by atoms with Gasteiger partial charge in [0, 0.05) is 51.1 Å². The highest BCUT2D eigenvalue weighted by Gasteiger charge is 2.15. The molecule has 134 valence electrons. The lowest BCUT2D eigenvalue weighted by atomic mass is 9.99. The summed E-state index contributed by atoms with van der Waals surface area (Å²) in [5.41, 5.74) is 2.12. The van der Waals surface area contributed by atoms with Crippen molar-refractivity contribution in [1.29, 1.82) is 0 Å². The summed E-state index contributed by atoms with van der Waals surface area (Å²) in [7, 11) is 1.70. The Morgan fingerprint density at radius 1 is 1.21 bits per heavy atom. The van der Waals surface area contributed by atoms with Crippen LogP contribution >= 0.6 is 0 Å². The summed E-state index contributed by atoms with van der Waals surface area (Å²) in [6.07, 6.45) is 3.97. The number of anilines is 2. The topological polar surface area (TPSA) is 53.6 Å². The first-order valence-electron chi connectivity index (χ1n) is 9.03. The van der Waals surface area contributed by atoms with Crippen molar-refractivity contribution in [1.82, 2.24) is 5.32 Å². The van der Waals surface area contributed by atoms with Crippen LogP contribution in [0.5, 0.6) is 0 Å². The van der Waals surface area contributed by atoms with Crippen molar-refractivity contribution >= 4 is 17.3 Å². The molecule has 1 fully saturated rings. The molecule has 0 atom stereocenters. The maximum absolute atomic E-state index is 11.9. The fraction of sp³-hybridized carbons (Fsp3) is 0.632. The maximum Gasteiger partial charge on any atom is 0.225 e. The van der Waals surface area contributed by atoms with Crippen molar-refractivity contribution in [2.75, 3.05) is 50.1 Å². The first-order valence-corrected chi connectivity index (χ1v) is 9.03. The molecule has 1 heterocycles. The van der Waals surface area contributed by atoms with Gasteiger partial charge in [0.1, 0.15) is 0 Å². The van der Waals surface area contributed by atoms with Crippen molar-refractivity contribution in [3.05, 3.63) is 24.3 Å². The van der Waals surface area contributed by atoms with E-state index in [0.717, 1.165) is 44.3 Å². The van der Waals surface area contributed by atoms with Gasteiger partial charge in [-0.3, -0.25) is 4.79 Å². The first-order chi connectivity index (χ1) is 11.7. The van der Waals surface area contributed by atoms with Gasteiger partial charge < -0.3 is 20.3 Å². The van der Waals surface area contributed by atoms with Gasteiger partial charge in [0.25, 0.3) is 0 Å². The number of ether oxygens (including phenoxy) is 1. The molecule has 1 aliphatic rings. The molecule has 0 radical (unpaired) electrons. The standard InChI is InChI=1S/C19H31N3O2/c1-16-9-13-22(14-10-16)18-6-4-17(5-7-18)21-19(23)8-12-20-11-3-15-24-2/h4-7,16,20H,3,8-15H2,1-2H3,(H,21,23). The molecule has 0 bridgehead atoms. The van der Waals surface area contributed by atoms with E-state index in [9.17, 15) is 4.79 Å². The smallest absolute Gasteiger partial charge is 0.225 e. The SMILES string of the molecule is COCCCNCCC(=O)Nc1ccc(N2CCC(C)CC2)cc1. The van der Waals surface area contributed by atoms with Crippen LogP contribution in [0, 0.1) is 5.92 Å². The quantitative estimate of drug-likeness (QED) is 0.682. The summed E-state index contributed by atoms with van der Waals surface area (Å²) in [6.45, 7) is 6.90. The molecule has 1 aromatic carbocycles. The third kappa shape index (κ3) is 6.49. The average molecular weight is 333 g/mol. The summed E-state index contributed by atoms with van der Waals surface area (Å²) in [5, 5.41) is 6.20. The maximum atomic E-state index is 11.9. The number of piperidine rings is 1. The molecular weight excluding hydrogens is 302 g/mol. The van der Waals surface area contributed by atoms with Crippen molar-refractivity contribution in [2.24, 2.45) is 5.92 Å². The average Bonchev–Trinajstić information content (AvgIpc) is 2.59. The second-order valence-electron chi connectivity index (χ2n) is 6.61. The molecule has 1 saturated heterocycles. The highest BCUT2D eigenvalue weighted by atomic mass is 16.5. The van der Waals surface area contributed by atoms with Crippen LogP contribution < -0.4 is 15.5 Å². The molecule has 0 saturated carbocycles. The summed E-state index contributed by atoms with van der Waals surface area (Å²) < 4.78 is 4.98. The van der Waals surface area contributed by atoms with Crippen LogP contribution in [0.2, 0.25) is 0 Å². The van der Waals surface area contributed by atoms with Gasteiger partial charge in [-0.15, -0.1) is 0 Å². The number of nitrogens with one attached hydrogen (secondary N) is 2. The fourth-order valence-electron chi connectivity index (χ4n) is 2.91. The Morgan fingerprint density at radius 3 is 2.58 bits per heavy atom. The largest absolute Gasteiger partial charge is 0.385 e. The van der Waals surface area contributed by atoms with E-state index in [-0.39, 0.29) is 5.91 Å². The lowest BCUT2D eigenvalue weighted by Crippen LogP contribution is -2.32. The monoisotopic (exact) mass is 333 g/mol. The first kappa shape index (κ1) is 18.7. The van der Waals surface area contributed by atoms with Crippen LogP contribution in [0.1, 0.15) is 32.6 Å². The van der Waals surface area contributed by atoms with Crippen molar-refractivity contribution in [3.63, 3.8) is 0 Å². The van der Waals surface area contributed by atoms with E-state index in [0.29, 0.717) is 13.0 Å². The number of hydrogen-bond acceptors (Lipinski definition) is 4. The molecule has 5 heteroatoms. The number of carbonyl (C=O) groups excluding carboxylic acids is 1. The summed E-state index contributed by atoms with van der Waals surface area (Å²) in [6, 6.07) is 8.21. The molecule has 1 aromatic rings. The Kier molecular flexibility index (Phi) is 8.05.